The van der Waals surface area contributed by atoms with Gasteiger partial charge in [0.05, 0.1) is 5.69 Å². The van der Waals surface area contributed by atoms with Gasteiger partial charge < -0.3 is 0 Å². The Morgan fingerprint density at radius 2 is 1.77 bits per heavy atom. The second kappa shape index (κ2) is 4.14. The largest absolute Gasteiger partial charge is 0.264 e. The SMILES string of the molecule is CC1c2cccnc2-c2ccc3ccc4ccncc4c3c21. The lowest BCUT2D eigenvalue weighted by Gasteiger charge is -2.12. The number of rotatable bonds is 0. The van der Waals surface area contributed by atoms with Crippen LogP contribution in [0.15, 0.2) is 61.1 Å². The molecular weight excluding hydrogens is 268 g/mol. The molecule has 2 nitrogen and oxygen atoms in total. The van der Waals surface area contributed by atoms with Gasteiger partial charge in [-0.2, -0.15) is 0 Å². The van der Waals surface area contributed by atoms with Crippen molar-refractivity contribution in [3.05, 3.63) is 72.2 Å². The van der Waals surface area contributed by atoms with Crippen LogP contribution < -0.4 is 0 Å². The minimum Gasteiger partial charge on any atom is -0.264 e. The standard InChI is InChI=1S/C20H14N2/c1-12-15-3-2-9-22-20(15)16-7-6-14-5-4-13-8-10-21-11-17(13)19(14)18(12)16/h2-12H,1H3. The van der Waals surface area contributed by atoms with Crippen LogP contribution in [0, 0.1) is 0 Å². The van der Waals surface area contributed by atoms with E-state index in [0.717, 1.165) is 5.69 Å². The average molecular weight is 282 g/mol. The number of hydrogen-bond donors (Lipinski definition) is 0. The van der Waals surface area contributed by atoms with Gasteiger partial charge in [-0.05, 0) is 39.4 Å². The van der Waals surface area contributed by atoms with Gasteiger partial charge in [0.15, 0.2) is 0 Å². The van der Waals surface area contributed by atoms with Crippen molar-refractivity contribution in [3.63, 3.8) is 0 Å². The quantitative estimate of drug-likeness (QED) is 0.428. The van der Waals surface area contributed by atoms with E-state index in [1.54, 1.807) is 0 Å². The maximum atomic E-state index is 4.62. The van der Waals surface area contributed by atoms with Gasteiger partial charge in [-0.1, -0.05) is 37.3 Å². The molecule has 0 amide bonds. The van der Waals surface area contributed by atoms with Gasteiger partial charge in [0.1, 0.15) is 0 Å². The van der Waals surface area contributed by atoms with E-state index in [2.05, 4.69) is 53.3 Å². The van der Waals surface area contributed by atoms with Gasteiger partial charge in [-0.3, -0.25) is 9.97 Å². The lowest BCUT2D eigenvalue weighted by Crippen LogP contribution is -1.92. The van der Waals surface area contributed by atoms with Crippen LogP contribution in [0.25, 0.3) is 32.8 Å². The first kappa shape index (κ1) is 11.9. The third-order valence-electron chi connectivity index (χ3n) is 4.84. The van der Waals surface area contributed by atoms with Crippen LogP contribution in [-0.4, -0.2) is 9.97 Å². The zero-order valence-electron chi connectivity index (χ0n) is 12.2. The van der Waals surface area contributed by atoms with Gasteiger partial charge in [0.25, 0.3) is 0 Å². The zero-order valence-corrected chi connectivity index (χ0v) is 12.2. The maximum absolute atomic E-state index is 4.62. The summed E-state index contributed by atoms with van der Waals surface area (Å²) < 4.78 is 0. The molecule has 1 unspecified atom stereocenters. The van der Waals surface area contributed by atoms with Crippen molar-refractivity contribution in [3.8, 4) is 11.3 Å². The molecule has 22 heavy (non-hydrogen) atoms. The molecule has 0 N–H and O–H groups in total. The van der Waals surface area contributed by atoms with Gasteiger partial charge >= 0.3 is 0 Å². The van der Waals surface area contributed by atoms with Crippen molar-refractivity contribution in [2.45, 2.75) is 12.8 Å². The molecular formula is C20H14N2. The third-order valence-corrected chi connectivity index (χ3v) is 4.84. The van der Waals surface area contributed by atoms with E-state index in [-0.39, 0.29) is 0 Å². The Morgan fingerprint density at radius 3 is 2.73 bits per heavy atom. The first-order valence-electron chi connectivity index (χ1n) is 7.59. The topological polar surface area (TPSA) is 25.8 Å². The average Bonchev–Trinajstić information content (AvgIpc) is 2.88. The summed E-state index contributed by atoms with van der Waals surface area (Å²) in [6.07, 6.45) is 5.73. The summed E-state index contributed by atoms with van der Waals surface area (Å²) >= 11 is 0. The second-order valence-corrected chi connectivity index (χ2v) is 5.95. The van der Waals surface area contributed by atoms with E-state index >= 15 is 0 Å². The summed E-state index contributed by atoms with van der Waals surface area (Å²) in [7, 11) is 0. The number of fused-ring (bicyclic) bond motifs is 7. The lowest BCUT2D eigenvalue weighted by molar-refractivity contribution is 0.962. The van der Waals surface area contributed by atoms with Crippen LogP contribution in [0.3, 0.4) is 0 Å². The molecule has 0 radical (unpaired) electrons. The summed E-state index contributed by atoms with van der Waals surface area (Å²) in [5, 5.41) is 5.08. The predicted molar refractivity (Wildman–Crippen MR) is 90.0 cm³/mol. The fourth-order valence-electron chi connectivity index (χ4n) is 3.82. The highest BCUT2D eigenvalue weighted by atomic mass is 14.7. The smallest absolute Gasteiger partial charge is 0.0743 e. The molecule has 2 aromatic carbocycles. The van der Waals surface area contributed by atoms with E-state index < -0.39 is 0 Å². The number of pyridine rings is 2. The van der Waals surface area contributed by atoms with Crippen molar-refractivity contribution in [1.82, 2.24) is 9.97 Å². The van der Waals surface area contributed by atoms with Gasteiger partial charge in [0, 0.05) is 35.5 Å². The third kappa shape index (κ3) is 1.39. The monoisotopic (exact) mass is 282 g/mol. The van der Waals surface area contributed by atoms with Crippen molar-refractivity contribution < 1.29 is 0 Å². The Kier molecular flexibility index (Phi) is 2.23. The lowest BCUT2D eigenvalue weighted by atomic mass is 9.91. The van der Waals surface area contributed by atoms with E-state index in [1.807, 2.05) is 24.7 Å². The Balaban J connectivity index is 2.00. The molecule has 104 valence electrons. The van der Waals surface area contributed by atoms with E-state index in [0.29, 0.717) is 5.92 Å². The second-order valence-electron chi connectivity index (χ2n) is 5.95. The van der Waals surface area contributed by atoms with Crippen LogP contribution >= 0.6 is 0 Å². The summed E-state index contributed by atoms with van der Waals surface area (Å²) in [5.74, 6) is 0.369. The summed E-state index contributed by atoms with van der Waals surface area (Å²) in [6, 6.07) is 15.1. The minimum atomic E-state index is 0.369. The molecule has 4 aromatic rings. The molecule has 0 saturated carbocycles. The predicted octanol–water partition coefficient (Wildman–Crippen LogP) is 4.92. The first-order chi connectivity index (χ1) is 10.8. The van der Waals surface area contributed by atoms with Gasteiger partial charge in [0.2, 0.25) is 0 Å². The Labute approximate surface area is 128 Å². The Morgan fingerprint density at radius 1 is 0.909 bits per heavy atom. The van der Waals surface area contributed by atoms with E-state index in [1.165, 1.54) is 38.2 Å². The molecule has 0 bridgehead atoms. The van der Waals surface area contributed by atoms with Crippen LogP contribution in [0.5, 0.6) is 0 Å². The molecule has 1 aliphatic carbocycles. The number of benzene rings is 2. The van der Waals surface area contributed by atoms with Gasteiger partial charge in [-0.15, -0.1) is 0 Å². The molecule has 1 aliphatic rings. The van der Waals surface area contributed by atoms with E-state index in [9.17, 15) is 0 Å². The van der Waals surface area contributed by atoms with Crippen molar-refractivity contribution in [2.24, 2.45) is 0 Å². The van der Waals surface area contributed by atoms with Crippen LogP contribution in [-0.2, 0) is 0 Å². The number of hydrogen-bond acceptors (Lipinski definition) is 2. The summed E-state index contributed by atoms with van der Waals surface area (Å²) in [4.78, 5) is 8.97. The fourth-order valence-corrected chi connectivity index (χ4v) is 3.82. The summed E-state index contributed by atoms with van der Waals surface area (Å²) in [6.45, 7) is 2.28. The minimum absolute atomic E-state index is 0.369. The van der Waals surface area contributed by atoms with Crippen molar-refractivity contribution >= 4 is 21.5 Å². The van der Waals surface area contributed by atoms with Crippen molar-refractivity contribution in [1.29, 1.82) is 0 Å². The molecule has 1 atom stereocenters. The molecule has 0 spiro atoms. The Bertz CT molecular complexity index is 1050. The highest BCUT2D eigenvalue weighted by Gasteiger charge is 2.28. The number of nitrogens with zero attached hydrogens (tertiary/aromatic N) is 2. The van der Waals surface area contributed by atoms with Crippen molar-refractivity contribution in [2.75, 3.05) is 0 Å². The highest BCUT2D eigenvalue weighted by Crippen LogP contribution is 2.47. The Hall–Kier alpha value is -2.74. The molecule has 0 fully saturated rings. The number of aromatic nitrogens is 2. The fraction of sp³-hybridized carbons (Fsp3) is 0.100. The normalized spacial score (nSPS) is 16.0. The molecule has 2 heteroatoms. The highest BCUT2D eigenvalue weighted by molar-refractivity contribution is 6.11. The zero-order chi connectivity index (χ0) is 14.7. The van der Waals surface area contributed by atoms with Crippen LogP contribution in [0.2, 0.25) is 0 Å². The molecule has 0 aliphatic heterocycles. The van der Waals surface area contributed by atoms with Gasteiger partial charge in [-0.25, -0.2) is 0 Å². The maximum Gasteiger partial charge on any atom is 0.0743 e. The van der Waals surface area contributed by atoms with Crippen LogP contribution in [0.4, 0.5) is 0 Å². The first-order valence-corrected chi connectivity index (χ1v) is 7.59. The van der Waals surface area contributed by atoms with E-state index in [4.69, 9.17) is 0 Å². The molecule has 2 aromatic heterocycles. The molecule has 2 heterocycles. The summed E-state index contributed by atoms with van der Waals surface area (Å²) in [5.41, 5.74) is 5.12. The molecule has 0 saturated heterocycles. The van der Waals surface area contributed by atoms with Crippen LogP contribution in [0.1, 0.15) is 24.0 Å². The molecule has 5 rings (SSSR count).